The van der Waals surface area contributed by atoms with E-state index in [1.54, 1.807) is 0 Å². The van der Waals surface area contributed by atoms with Crippen LogP contribution < -0.4 is 10.5 Å². The van der Waals surface area contributed by atoms with Crippen LogP contribution in [0, 0.1) is 5.92 Å². The Labute approximate surface area is 181 Å². The number of aliphatic hydroxyl groups is 1. The van der Waals surface area contributed by atoms with Crippen molar-refractivity contribution in [1.29, 1.82) is 0 Å². The van der Waals surface area contributed by atoms with Gasteiger partial charge in [0.15, 0.2) is 0 Å². The fraction of sp³-hybridized carbons (Fsp3) is 0.700. The highest BCUT2D eigenvalue weighted by Crippen LogP contribution is 2.38. The van der Waals surface area contributed by atoms with E-state index in [0.29, 0.717) is 5.56 Å². The van der Waals surface area contributed by atoms with Crippen molar-refractivity contribution in [1.82, 2.24) is 0 Å². The zero-order chi connectivity index (χ0) is 23.7. The number of unbranched alkanes of at least 4 members (excludes halogenated alkanes) is 2. The second kappa shape index (κ2) is 12.2. The smallest absolute Gasteiger partial charge is 0.469 e. The third-order valence-corrected chi connectivity index (χ3v) is 5.39. The molecule has 0 aliphatic carbocycles. The summed E-state index contributed by atoms with van der Waals surface area (Å²) in [5.41, 5.74) is 3.76. The molecule has 11 heteroatoms. The van der Waals surface area contributed by atoms with Crippen LogP contribution >= 0.6 is 7.82 Å². The molecule has 0 bridgehead atoms. The predicted molar refractivity (Wildman–Crippen MR) is 111 cm³/mol. The van der Waals surface area contributed by atoms with Crippen LogP contribution in [0.15, 0.2) is 18.2 Å². The fourth-order valence-corrected chi connectivity index (χ4v) is 3.37. The highest BCUT2D eigenvalue weighted by atomic mass is 31.2. The van der Waals surface area contributed by atoms with Crippen LogP contribution in [0.4, 0.5) is 13.2 Å². The van der Waals surface area contributed by atoms with Crippen molar-refractivity contribution in [3.8, 4) is 5.75 Å². The summed E-state index contributed by atoms with van der Waals surface area (Å²) >= 11 is 0. The molecular formula is C20H33F3NO6P. The number of hydrogen-bond donors (Lipinski definition) is 4. The van der Waals surface area contributed by atoms with E-state index in [-0.39, 0.29) is 31.1 Å². The van der Waals surface area contributed by atoms with Gasteiger partial charge in [-0.2, -0.15) is 13.2 Å². The molecule has 1 rings (SSSR count). The Morgan fingerprint density at radius 3 is 2.45 bits per heavy atom. The summed E-state index contributed by atoms with van der Waals surface area (Å²) in [4.78, 5) is 17.6. The Morgan fingerprint density at radius 2 is 1.90 bits per heavy atom. The SMILES string of the molecule is CCCCCC(C)COc1ccc(CCC(N)(CO)COP(=O)(O)O)cc1C(F)(F)F. The number of hydrogen-bond acceptors (Lipinski definition) is 5. The third-order valence-electron chi connectivity index (χ3n) is 4.92. The molecule has 0 radical (unpaired) electrons. The van der Waals surface area contributed by atoms with Crippen LogP contribution in [-0.4, -0.2) is 40.3 Å². The van der Waals surface area contributed by atoms with E-state index in [1.807, 2.05) is 6.92 Å². The lowest BCUT2D eigenvalue weighted by molar-refractivity contribution is -0.139. The van der Waals surface area contributed by atoms with Crippen molar-refractivity contribution in [3.05, 3.63) is 29.3 Å². The summed E-state index contributed by atoms with van der Waals surface area (Å²) in [7, 11) is -4.79. The third kappa shape index (κ3) is 10.8. The first-order valence-corrected chi connectivity index (χ1v) is 11.8. The molecule has 31 heavy (non-hydrogen) atoms. The molecule has 0 aliphatic heterocycles. The van der Waals surface area contributed by atoms with Gasteiger partial charge in [0, 0.05) is 0 Å². The minimum Gasteiger partial charge on any atom is -0.493 e. The molecule has 0 aliphatic rings. The van der Waals surface area contributed by atoms with Gasteiger partial charge >= 0.3 is 14.0 Å². The molecule has 1 aromatic rings. The lowest BCUT2D eigenvalue weighted by atomic mass is 9.93. The van der Waals surface area contributed by atoms with Gasteiger partial charge in [-0.25, -0.2) is 4.57 Å². The van der Waals surface area contributed by atoms with Crippen molar-refractivity contribution >= 4 is 7.82 Å². The van der Waals surface area contributed by atoms with Gasteiger partial charge in [0.2, 0.25) is 0 Å². The monoisotopic (exact) mass is 471 g/mol. The van der Waals surface area contributed by atoms with Crippen LogP contribution in [0.1, 0.15) is 57.1 Å². The average molecular weight is 471 g/mol. The number of halogens is 3. The van der Waals surface area contributed by atoms with Gasteiger partial charge in [-0.3, -0.25) is 4.52 Å². The molecule has 180 valence electrons. The fourth-order valence-electron chi connectivity index (χ4n) is 2.94. The summed E-state index contributed by atoms with van der Waals surface area (Å²) in [5.74, 6) is -0.117. The molecule has 7 nitrogen and oxygen atoms in total. The highest BCUT2D eigenvalue weighted by Gasteiger charge is 2.35. The summed E-state index contributed by atoms with van der Waals surface area (Å²) in [6.07, 6.45) is -0.597. The predicted octanol–water partition coefficient (Wildman–Crippen LogP) is 4.03. The molecule has 0 saturated carbocycles. The standard InChI is InChI=1S/C20H33F3NO6P/c1-3-4-5-6-15(2)12-29-18-8-7-16(11-17(18)20(21,22)23)9-10-19(24,13-25)14-30-31(26,27)28/h7-8,11,15,25H,3-6,9-10,12-14,24H2,1-2H3,(H2,26,27,28). The molecule has 0 fully saturated rings. The number of rotatable bonds is 14. The Kier molecular flexibility index (Phi) is 11.0. The van der Waals surface area contributed by atoms with Gasteiger partial charge < -0.3 is 25.4 Å². The van der Waals surface area contributed by atoms with Gasteiger partial charge in [-0.05, 0) is 42.9 Å². The van der Waals surface area contributed by atoms with Gasteiger partial charge in [0.1, 0.15) is 5.75 Å². The molecule has 5 N–H and O–H groups in total. The van der Waals surface area contributed by atoms with Crippen LogP contribution in [0.3, 0.4) is 0 Å². The first kappa shape index (κ1) is 27.9. The number of aliphatic hydroxyl groups excluding tert-OH is 1. The number of phosphoric ester groups is 1. The number of alkyl halides is 3. The maximum absolute atomic E-state index is 13.5. The van der Waals surface area contributed by atoms with Crippen LogP contribution in [0.5, 0.6) is 5.75 Å². The zero-order valence-electron chi connectivity index (χ0n) is 17.9. The number of benzene rings is 1. The summed E-state index contributed by atoms with van der Waals surface area (Å²) in [6.45, 7) is 2.90. The van der Waals surface area contributed by atoms with Gasteiger partial charge in [0.25, 0.3) is 0 Å². The largest absolute Gasteiger partial charge is 0.493 e. The van der Waals surface area contributed by atoms with Gasteiger partial charge in [0.05, 0.1) is 30.9 Å². The van der Waals surface area contributed by atoms with E-state index in [9.17, 15) is 22.8 Å². The van der Waals surface area contributed by atoms with E-state index >= 15 is 0 Å². The first-order valence-electron chi connectivity index (χ1n) is 10.2. The first-order chi connectivity index (χ1) is 14.3. The zero-order valence-corrected chi connectivity index (χ0v) is 18.8. The number of nitrogens with two attached hydrogens (primary N) is 1. The minimum atomic E-state index is -4.79. The van der Waals surface area contributed by atoms with E-state index in [2.05, 4.69) is 11.4 Å². The molecule has 0 spiro atoms. The van der Waals surface area contributed by atoms with E-state index < -0.39 is 38.3 Å². The maximum atomic E-state index is 13.5. The molecule has 0 amide bonds. The van der Waals surface area contributed by atoms with Crippen molar-refractivity contribution in [2.45, 2.75) is 64.1 Å². The Morgan fingerprint density at radius 1 is 1.23 bits per heavy atom. The average Bonchev–Trinajstić information content (AvgIpc) is 2.68. The van der Waals surface area contributed by atoms with Crippen molar-refractivity contribution in [2.24, 2.45) is 11.7 Å². The summed E-state index contributed by atoms with van der Waals surface area (Å²) in [6, 6.07) is 3.72. The summed E-state index contributed by atoms with van der Waals surface area (Å²) in [5, 5.41) is 9.43. The molecular weight excluding hydrogens is 438 g/mol. The van der Waals surface area contributed by atoms with Gasteiger partial charge in [-0.15, -0.1) is 0 Å². The highest BCUT2D eigenvalue weighted by molar-refractivity contribution is 7.46. The van der Waals surface area contributed by atoms with E-state index in [4.69, 9.17) is 20.3 Å². The molecule has 0 saturated heterocycles. The molecule has 2 atom stereocenters. The Bertz CT molecular complexity index is 727. The normalized spacial score (nSPS) is 15.5. The lowest BCUT2D eigenvalue weighted by Gasteiger charge is -2.27. The lowest BCUT2D eigenvalue weighted by Crippen LogP contribution is -2.48. The number of ether oxygens (including phenoxy) is 1. The van der Waals surface area contributed by atoms with Crippen molar-refractivity contribution < 1.29 is 41.9 Å². The quantitative estimate of drug-likeness (QED) is 0.239. The summed E-state index contributed by atoms with van der Waals surface area (Å²) < 4.78 is 61.3. The number of phosphoric acid groups is 1. The Balaban J connectivity index is 2.84. The van der Waals surface area contributed by atoms with Crippen LogP contribution in [0.2, 0.25) is 0 Å². The maximum Gasteiger partial charge on any atom is 0.469 e. The van der Waals surface area contributed by atoms with Crippen molar-refractivity contribution in [3.63, 3.8) is 0 Å². The molecule has 2 unspecified atom stereocenters. The van der Waals surface area contributed by atoms with E-state index in [0.717, 1.165) is 31.7 Å². The molecule has 1 aromatic carbocycles. The van der Waals surface area contributed by atoms with E-state index in [1.165, 1.54) is 12.1 Å². The van der Waals surface area contributed by atoms with Crippen molar-refractivity contribution in [2.75, 3.05) is 19.8 Å². The molecule has 0 heterocycles. The second-order valence-electron chi connectivity index (χ2n) is 8.02. The minimum absolute atomic E-state index is 0.0400. The van der Waals surface area contributed by atoms with Crippen LogP contribution in [0.25, 0.3) is 0 Å². The Hall–Kier alpha value is -1.16. The second-order valence-corrected chi connectivity index (χ2v) is 9.26. The number of aryl methyl sites for hydroxylation is 1. The van der Waals surface area contributed by atoms with Crippen LogP contribution in [-0.2, 0) is 21.7 Å². The molecule has 0 aromatic heterocycles. The van der Waals surface area contributed by atoms with Gasteiger partial charge in [-0.1, -0.05) is 39.2 Å². The topological polar surface area (TPSA) is 122 Å².